The summed E-state index contributed by atoms with van der Waals surface area (Å²) < 4.78 is 5.51. The Balaban J connectivity index is 2.78. The van der Waals surface area contributed by atoms with Crippen molar-refractivity contribution in [1.29, 1.82) is 0 Å². The minimum atomic E-state index is 0.309. The number of hydrogen-bond acceptors (Lipinski definition) is 2. The van der Waals surface area contributed by atoms with E-state index in [9.17, 15) is 0 Å². The number of likely N-dealkylation sites (N-methyl/N-ethyl adjacent to an activating group) is 1. The first-order chi connectivity index (χ1) is 7.69. The van der Waals surface area contributed by atoms with Gasteiger partial charge in [-0.2, -0.15) is 0 Å². The van der Waals surface area contributed by atoms with Crippen LogP contribution >= 0.6 is 0 Å². The first-order valence-corrected chi connectivity index (χ1v) is 6.07. The van der Waals surface area contributed by atoms with Gasteiger partial charge in [0.05, 0.1) is 12.6 Å². The van der Waals surface area contributed by atoms with Crippen LogP contribution in [0.1, 0.15) is 36.6 Å². The summed E-state index contributed by atoms with van der Waals surface area (Å²) >= 11 is 0. The summed E-state index contributed by atoms with van der Waals surface area (Å²) in [5, 5.41) is 3.46. The maximum atomic E-state index is 5.51. The molecule has 0 aromatic heterocycles. The largest absolute Gasteiger partial charge is 0.380 e. The second-order valence-corrected chi connectivity index (χ2v) is 4.11. The third kappa shape index (κ3) is 3.62. The topological polar surface area (TPSA) is 21.3 Å². The molecule has 1 atom stereocenters. The number of aryl methyl sites for hydroxylation is 2. The summed E-state index contributed by atoms with van der Waals surface area (Å²) in [4.78, 5) is 0. The van der Waals surface area contributed by atoms with E-state index in [4.69, 9.17) is 4.74 Å². The van der Waals surface area contributed by atoms with Gasteiger partial charge in [0.2, 0.25) is 0 Å². The van der Waals surface area contributed by atoms with Crippen molar-refractivity contribution in [3.63, 3.8) is 0 Å². The van der Waals surface area contributed by atoms with Crippen molar-refractivity contribution >= 4 is 0 Å². The van der Waals surface area contributed by atoms with Crippen molar-refractivity contribution in [2.45, 2.75) is 33.7 Å². The summed E-state index contributed by atoms with van der Waals surface area (Å²) in [5.74, 6) is 0. The lowest BCUT2D eigenvalue weighted by atomic mass is 10.0. The van der Waals surface area contributed by atoms with Gasteiger partial charge in [-0.05, 0) is 44.0 Å². The predicted octanol–water partition coefficient (Wildman–Crippen LogP) is 2.99. The molecule has 1 aromatic carbocycles. The van der Waals surface area contributed by atoms with Crippen molar-refractivity contribution in [2.24, 2.45) is 0 Å². The zero-order valence-corrected chi connectivity index (χ0v) is 10.8. The number of nitrogens with one attached hydrogen (secondary N) is 1. The highest BCUT2D eigenvalue weighted by Crippen LogP contribution is 2.17. The summed E-state index contributed by atoms with van der Waals surface area (Å²) in [6.07, 6.45) is 0. The van der Waals surface area contributed by atoms with E-state index in [1.165, 1.54) is 16.7 Å². The Morgan fingerprint density at radius 2 is 1.94 bits per heavy atom. The first kappa shape index (κ1) is 13.2. The maximum Gasteiger partial charge on any atom is 0.0661 e. The Labute approximate surface area is 99.0 Å². The lowest BCUT2D eigenvalue weighted by molar-refractivity contribution is 0.123. The molecule has 0 saturated heterocycles. The average molecular weight is 221 g/mol. The van der Waals surface area contributed by atoms with Gasteiger partial charge in [0.1, 0.15) is 0 Å². The van der Waals surface area contributed by atoms with Crippen molar-refractivity contribution in [2.75, 3.05) is 19.8 Å². The summed E-state index contributed by atoms with van der Waals surface area (Å²) in [6.45, 7) is 10.9. The third-order valence-corrected chi connectivity index (χ3v) is 2.87. The molecule has 0 amide bonds. The highest BCUT2D eigenvalue weighted by Gasteiger charge is 2.10. The monoisotopic (exact) mass is 221 g/mol. The van der Waals surface area contributed by atoms with Crippen LogP contribution in [0.25, 0.3) is 0 Å². The number of benzene rings is 1. The number of hydrogen-bond donors (Lipinski definition) is 1. The Morgan fingerprint density at radius 3 is 2.50 bits per heavy atom. The summed E-state index contributed by atoms with van der Waals surface area (Å²) in [5.41, 5.74) is 4.01. The van der Waals surface area contributed by atoms with Crippen LogP contribution < -0.4 is 5.32 Å². The molecule has 0 aliphatic carbocycles. The molecule has 0 bridgehead atoms. The van der Waals surface area contributed by atoms with Gasteiger partial charge in [-0.3, -0.25) is 0 Å². The van der Waals surface area contributed by atoms with Crippen LogP contribution in [-0.4, -0.2) is 19.8 Å². The van der Waals surface area contributed by atoms with Crippen LogP contribution in [0.2, 0.25) is 0 Å². The van der Waals surface area contributed by atoms with Crippen LogP contribution in [-0.2, 0) is 4.74 Å². The standard InChI is InChI=1S/C14H23NO/c1-5-15-14(10-16-6-2)13-8-7-11(3)12(4)9-13/h7-9,14-15H,5-6,10H2,1-4H3. The molecule has 1 rings (SSSR count). The Bertz CT molecular complexity index is 323. The van der Waals surface area contributed by atoms with Crippen LogP contribution in [0.4, 0.5) is 0 Å². The van der Waals surface area contributed by atoms with E-state index < -0.39 is 0 Å². The van der Waals surface area contributed by atoms with E-state index in [0.29, 0.717) is 6.04 Å². The van der Waals surface area contributed by atoms with Gasteiger partial charge < -0.3 is 10.1 Å². The molecule has 1 unspecified atom stereocenters. The van der Waals surface area contributed by atoms with E-state index in [2.05, 4.69) is 44.3 Å². The Hall–Kier alpha value is -0.860. The molecule has 0 heterocycles. The van der Waals surface area contributed by atoms with Crippen LogP contribution in [0.3, 0.4) is 0 Å². The first-order valence-electron chi connectivity index (χ1n) is 6.07. The molecule has 0 spiro atoms. The molecule has 0 saturated carbocycles. The van der Waals surface area contributed by atoms with Crippen molar-refractivity contribution in [3.05, 3.63) is 34.9 Å². The van der Waals surface area contributed by atoms with Crippen molar-refractivity contribution in [3.8, 4) is 0 Å². The van der Waals surface area contributed by atoms with E-state index in [1.807, 2.05) is 6.92 Å². The Kier molecular flexibility index (Phi) is 5.50. The van der Waals surface area contributed by atoms with Crippen molar-refractivity contribution in [1.82, 2.24) is 5.32 Å². The van der Waals surface area contributed by atoms with Crippen molar-refractivity contribution < 1.29 is 4.74 Å². The summed E-state index contributed by atoms with van der Waals surface area (Å²) in [7, 11) is 0. The molecule has 16 heavy (non-hydrogen) atoms. The fraction of sp³-hybridized carbons (Fsp3) is 0.571. The molecule has 2 nitrogen and oxygen atoms in total. The fourth-order valence-corrected chi connectivity index (χ4v) is 1.74. The zero-order valence-electron chi connectivity index (χ0n) is 10.8. The quantitative estimate of drug-likeness (QED) is 0.797. The average Bonchev–Trinajstić information content (AvgIpc) is 2.28. The third-order valence-electron chi connectivity index (χ3n) is 2.87. The minimum Gasteiger partial charge on any atom is -0.380 e. The van der Waals surface area contributed by atoms with Gasteiger partial charge >= 0.3 is 0 Å². The van der Waals surface area contributed by atoms with E-state index in [-0.39, 0.29) is 0 Å². The Morgan fingerprint density at radius 1 is 1.19 bits per heavy atom. The van der Waals surface area contributed by atoms with Gasteiger partial charge in [0, 0.05) is 6.61 Å². The van der Waals surface area contributed by atoms with Crippen LogP contribution in [0, 0.1) is 13.8 Å². The van der Waals surface area contributed by atoms with Crippen LogP contribution in [0.5, 0.6) is 0 Å². The molecule has 1 N–H and O–H groups in total. The van der Waals surface area contributed by atoms with E-state index in [1.54, 1.807) is 0 Å². The molecule has 2 heteroatoms. The van der Waals surface area contributed by atoms with Gasteiger partial charge in [-0.1, -0.05) is 25.1 Å². The second-order valence-electron chi connectivity index (χ2n) is 4.11. The smallest absolute Gasteiger partial charge is 0.0661 e. The number of ether oxygens (including phenoxy) is 1. The van der Waals surface area contributed by atoms with Gasteiger partial charge in [-0.15, -0.1) is 0 Å². The van der Waals surface area contributed by atoms with E-state index >= 15 is 0 Å². The molecule has 1 aromatic rings. The molecule has 0 aliphatic heterocycles. The predicted molar refractivity (Wildman–Crippen MR) is 68.8 cm³/mol. The SMILES string of the molecule is CCNC(COCC)c1ccc(C)c(C)c1. The second kappa shape index (κ2) is 6.66. The highest BCUT2D eigenvalue weighted by molar-refractivity contribution is 5.31. The van der Waals surface area contributed by atoms with Gasteiger partial charge in [0.25, 0.3) is 0 Å². The lowest BCUT2D eigenvalue weighted by Gasteiger charge is -2.19. The molecular weight excluding hydrogens is 198 g/mol. The summed E-state index contributed by atoms with van der Waals surface area (Å²) in [6, 6.07) is 6.93. The van der Waals surface area contributed by atoms with Gasteiger partial charge in [-0.25, -0.2) is 0 Å². The molecular formula is C14H23NO. The molecule has 0 aliphatic rings. The molecule has 90 valence electrons. The van der Waals surface area contributed by atoms with Crippen LogP contribution in [0.15, 0.2) is 18.2 Å². The van der Waals surface area contributed by atoms with E-state index in [0.717, 1.165) is 19.8 Å². The molecule has 0 radical (unpaired) electrons. The fourth-order valence-electron chi connectivity index (χ4n) is 1.74. The molecule has 0 fully saturated rings. The van der Waals surface area contributed by atoms with Gasteiger partial charge in [0.15, 0.2) is 0 Å². The number of rotatable bonds is 6. The minimum absolute atomic E-state index is 0.309. The highest BCUT2D eigenvalue weighted by atomic mass is 16.5. The normalized spacial score (nSPS) is 12.8. The zero-order chi connectivity index (χ0) is 12.0. The lowest BCUT2D eigenvalue weighted by Crippen LogP contribution is -2.25. The maximum absolute atomic E-state index is 5.51.